The summed E-state index contributed by atoms with van der Waals surface area (Å²) in [6, 6.07) is 5.49. The summed E-state index contributed by atoms with van der Waals surface area (Å²) in [6.45, 7) is 9.25. The van der Waals surface area contributed by atoms with Crippen LogP contribution in [0.15, 0.2) is 18.2 Å². The normalized spacial score (nSPS) is 10.4. The highest BCUT2D eigenvalue weighted by Gasteiger charge is 2.27. The summed E-state index contributed by atoms with van der Waals surface area (Å²) in [5.41, 5.74) is 3.02. The minimum absolute atomic E-state index is 0.183. The van der Waals surface area contributed by atoms with E-state index in [4.69, 9.17) is 9.47 Å². The van der Waals surface area contributed by atoms with Crippen molar-refractivity contribution in [2.75, 3.05) is 18.5 Å². The Bertz CT molecular complexity index is 864. The molecule has 2 aromatic rings. The van der Waals surface area contributed by atoms with Crippen LogP contribution in [0.2, 0.25) is 0 Å². The number of esters is 2. The quantitative estimate of drug-likeness (QED) is 0.746. The highest BCUT2D eigenvalue weighted by molar-refractivity contribution is 7.18. The minimum Gasteiger partial charge on any atom is -0.462 e. The van der Waals surface area contributed by atoms with Crippen LogP contribution in [0.4, 0.5) is 5.00 Å². The topological polar surface area (TPSA) is 81.7 Å². The Morgan fingerprint density at radius 1 is 0.926 bits per heavy atom. The molecule has 7 heteroatoms. The maximum absolute atomic E-state index is 12.7. The van der Waals surface area contributed by atoms with Crippen LogP contribution in [0.25, 0.3) is 0 Å². The molecule has 1 heterocycles. The molecular weight excluding hydrogens is 366 g/mol. The van der Waals surface area contributed by atoms with Gasteiger partial charge in [-0.3, -0.25) is 4.79 Å². The first-order chi connectivity index (χ1) is 12.8. The lowest BCUT2D eigenvalue weighted by Crippen LogP contribution is -2.15. The summed E-state index contributed by atoms with van der Waals surface area (Å²) < 4.78 is 10.1. The van der Waals surface area contributed by atoms with Gasteiger partial charge in [0.25, 0.3) is 5.91 Å². The molecule has 0 spiro atoms. The third kappa shape index (κ3) is 4.74. The van der Waals surface area contributed by atoms with Crippen LogP contribution in [-0.4, -0.2) is 31.1 Å². The lowest BCUT2D eigenvalue weighted by Gasteiger charge is -2.08. The van der Waals surface area contributed by atoms with Crippen molar-refractivity contribution in [2.45, 2.75) is 34.6 Å². The second-order valence-electron chi connectivity index (χ2n) is 6.03. The van der Waals surface area contributed by atoms with Gasteiger partial charge in [-0.25, -0.2) is 9.59 Å². The van der Waals surface area contributed by atoms with Crippen LogP contribution in [0.5, 0.6) is 0 Å². The van der Waals surface area contributed by atoms with Crippen LogP contribution in [0.3, 0.4) is 0 Å². The fourth-order valence-electron chi connectivity index (χ4n) is 2.72. The van der Waals surface area contributed by atoms with Gasteiger partial charge < -0.3 is 14.8 Å². The average Bonchev–Trinajstić information content (AvgIpc) is 2.90. The van der Waals surface area contributed by atoms with Crippen LogP contribution in [0.1, 0.15) is 60.9 Å². The number of hydrogen-bond donors (Lipinski definition) is 1. The van der Waals surface area contributed by atoms with E-state index in [-0.39, 0.29) is 34.6 Å². The average molecular weight is 389 g/mol. The van der Waals surface area contributed by atoms with Crippen LogP contribution in [0, 0.1) is 20.8 Å². The second kappa shape index (κ2) is 8.81. The van der Waals surface area contributed by atoms with Crippen molar-refractivity contribution >= 4 is 34.2 Å². The zero-order valence-corrected chi connectivity index (χ0v) is 16.9. The lowest BCUT2D eigenvalue weighted by atomic mass is 10.1. The number of carbonyl (C=O) groups is 3. The number of ether oxygens (including phenoxy) is 2. The monoisotopic (exact) mass is 389 g/mol. The van der Waals surface area contributed by atoms with Gasteiger partial charge in [-0.15, -0.1) is 11.3 Å². The molecule has 0 atom stereocenters. The maximum atomic E-state index is 12.7. The van der Waals surface area contributed by atoms with Crippen molar-refractivity contribution in [1.82, 2.24) is 0 Å². The Balaban J connectivity index is 2.44. The summed E-state index contributed by atoms with van der Waals surface area (Å²) in [4.78, 5) is 37.5. The minimum atomic E-state index is -0.586. The Morgan fingerprint density at radius 3 is 2.04 bits per heavy atom. The smallest absolute Gasteiger partial charge is 0.348 e. The third-order valence-electron chi connectivity index (χ3n) is 3.80. The first-order valence-corrected chi connectivity index (χ1v) is 9.47. The fraction of sp³-hybridized carbons (Fsp3) is 0.350. The Labute approximate surface area is 162 Å². The number of carbonyl (C=O) groups excluding carboxylic acids is 3. The van der Waals surface area contributed by atoms with E-state index in [2.05, 4.69) is 5.32 Å². The maximum Gasteiger partial charge on any atom is 0.348 e. The van der Waals surface area contributed by atoms with Crippen molar-refractivity contribution in [2.24, 2.45) is 0 Å². The zero-order valence-electron chi connectivity index (χ0n) is 16.1. The van der Waals surface area contributed by atoms with Crippen LogP contribution >= 0.6 is 11.3 Å². The number of hydrogen-bond acceptors (Lipinski definition) is 6. The van der Waals surface area contributed by atoms with Crippen molar-refractivity contribution in [3.63, 3.8) is 0 Å². The molecule has 0 aliphatic rings. The Kier molecular flexibility index (Phi) is 6.74. The molecule has 0 radical (unpaired) electrons. The lowest BCUT2D eigenvalue weighted by molar-refractivity contribution is 0.0527. The largest absolute Gasteiger partial charge is 0.462 e. The van der Waals surface area contributed by atoms with Gasteiger partial charge in [-0.05, 0) is 52.3 Å². The molecule has 1 N–H and O–H groups in total. The molecule has 0 saturated carbocycles. The molecular formula is C20H23NO5S. The van der Waals surface area contributed by atoms with Gasteiger partial charge in [0.1, 0.15) is 9.88 Å². The van der Waals surface area contributed by atoms with E-state index in [0.717, 1.165) is 22.5 Å². The van der Waals surface area contributed by atoms with Gasteiger partial charge in [-0.1, -0.05) is 17.2 Å². The van der Waals surface area contributed by atoms with E-state index in [1.165, 1.54) is 0 Å². The molecule has 0 unspecified atom stereocenters. The number of thiophene rings is 1. The summed E-state index contributed by atoms with van der Waals surface area (Å²) >= 11 is 1.01. The summed E-state index contributed by atoms with van der Waals surface area (Å²) in [7, 11) is 0. The van der Waals surface area contributed by atoms with Crippen LogP contribution < -0.4 is 5.32 Å². The summed E-state index contributed by atoms with van der Waals surface area (Å²) in [5.74, 6) is -1.47. The molecule has 1 aromatic heterocycles. The Morgan fingerprint density at radius 2 is 1.48 bits per heavy atom. The van der Waals surface area contributed by atoms with Gasteiger partial charge in [0, 0.05) is 5.56 Å². The van der Waals surface area contributed by atoms with E-state index >= 15 is 0 Å². The first kappa shape index (κ1) is 20.6. The number of benzene rings is 1. The molecule has 1 amide bonds. The van der Waals surface area contributed by atoms with Crippen LogP contribution in [-0.2, 0) is 9.47 Å². The molecule has 27 heavy (non-hydrogen) atoms. The van der Waals surface area contributed by atoms with Crippen molar-refractivity contribution < 1.29 is 23.9 Å². The summed E-state index contributed by atoms with van der Waals surface area (Å²) in [5, 5.41) is 3.03. The number of aryl methyl sites for hydroxylation is 2. The van der Waals surface area contributed by atoms with Crippen molar-refractivity contribution in [3.05, 3.63) is 50.9 Å². The molecule has 144 valence electrons. The molecule has 2 rings (SSSR count). The van der Waals surface area contributed by atoms with Gasteiger partial charge in [0.15, 0.2) is 0 Å². The molecule has 0 aliphatic heterocycles. The molecule has 0 aliphatic carbocycles. The van der Waals surface area contributed by atoms with E-state index in [1.807, 2.05) is 19.9 Å². The molecule has 0 saturated heterocycles. The van der Waals surface area contributed by atoms with Crippen molar-refractivity contribution in [3.8, 4) is 0 Å². The van der Waals surface area contributed by atoms with Crippen molar-refractivity contribution in [1.29, 1.82) is 0 Å². The predicted molar refractivity (Wildman–Crippen MR) is 105 cm³/mol. The van der Waals surface area contributed by atoms with Gasteiger partial charge >= 0.3 is 11.9 Å². The number of anilines is 1. The summed E-state index contributed by atoms with van der Waals surface area (Å²) in [6.07, 6.45) is 0. The SMILES string of the molecule is CCOC(=O)c1sc(NC(=O)c2cc(C)cc(C)c2)c(C(=O)OCC)c1C. The standard InChI is InChI=1S/C20H23NO5S/c1-6-25-19(23)15-13(5)16(20(24)26-7-2)27-18(15)21-17(22)14-9-11(3)8-12(4)10-14/h8-10H,6-7H2,1-5H3,(H,21,22). The van der Waals surface area contributed by atoms with Gasteiger partial charge in [0.2, 0.25) is 0 Å². The number of nitrogens with one attached hydrogen (secondary N) is 1. The second-order valence-corrected chi connectivity index (χ2v) is 7.05. The number of amides is 1. The predicted octanol–water partition coefficient (Wildman–Crippen LogP) is 4.28. The molecule has 0 fully saturated rings. The molecule has 0 bridgehead atoms. The third-order valence-corrected chi connectivity index (χ3v) is 4.99. The van der Waals surface area contributed by atoms with E-state index in [1.54, 1.807) is 32.9 Å². The first-order valence-electron chi connectivity index (χ1n) is 8.65. The molecule has 6 nitrogen and oxygen atoms in total. The highest BCUT2D eigenvalue weighted by atomic mass is 32.1. The van der Waals surface area contributed by atoms with E-state index < -0.39 is 11.9 Å². The zero-order chi connectivity index (χ0) is 20.1. The van der Waals surface area contributed by atoms with Gasteiger partial charge in [-0.2, -0.15) is 0 Å². The Hall–Kier alpha value is -2.67. The van der Waals surface area contributed by atoms with E-state index in [9.17, 15) is 14.4 Å². The number of rotatable bonds is 6. The highest BCUT2D eigenvalue weighted by Crippen LogP contribution is 2.34. The molecule has 1 aromatic carbocycles. The fourth-order valence-corrected chi connectivity index (χ4v) is 3.81. The van der Waals surface area contributed by atoms with E-state index in [0.29, 0.717) is 11.1 Å². The van der Waals surface area contributed by atoms with Gasteiger partial charge in [0.05, 0.1) is 18.8 Å².